The molecule has 1 saturated heterocycles. The Morgan fingerprint density at radius 3 is 2.75 bits per heavy atom. The number of anilines is 1. The van der Waals surface area contributed by atoms with Crippen LogP contribution < -0.4 is 10.2 Å². The molecule has 110 valence electrons. The molecule has 0 aromatic carbocycles. The molecule has 2 heterocycles. The second kappa shape index (κ2) is 6.39. The van der Waals surface area contributed by atoms with Crippen LogP contribution in [0, 0.1) is 0 Å². The third kappa shape index (κ3) is 3.20. The van der Waals surface area contributed by atoms with E-state index in [1.807, 2.05) is 10.7 Å². The zero-order valence-electron chi connectivity index (χ0n) is 12.1. The molecule has 1 aliphatic heterocycles. The first-order valence-electron chi connectivity index (χ1n) is 8.00. The first-order chi connectivity index (χ1) is 9.83. The van der Waals surface area contributed by atoms with Gasteiger partial charge in [-0.3, -0.25) is 4.79 Å². The number of hydrogen-bond acceptors (Lipinski definition) is 2. The van der Waals surface area contributed by atoms with E-state index in [9.17, 15) is 4.79 Å². The maximum atomic E-state index is 12.2. The predicted molar refractivity (Wildman–Crippen MR) is 77.8 cm³/mol. The standard InChI is InChI=1S/C15H24N4O/c20-15(12-18-10-4-1-5-11-18)17-14-8-9-16-19(14)13-6-2-3-7-13/h8-9,13H,1-7,10-12H2,(H,17,20)/p+1. The highest BCUT2D eigenvalue weighted by atomic mass is 16.2. The van der Waals surface area contributed by atoms with Crippen molar-refractivity contribution in [2.75, 3.05) is 25.0 Å². The monoisotopic (exact) mass is 277 g/mol. The normalized spacial score (nSPS) is 21.2. The fourth-order valence-electron chi connectivity index (χ4n) is 3.50. The van der Waals surface area contributed by atoms with Gasteiger partial charge in [-0.1, -0.05) is 12.8 Å². The number of likely N-dealkylation sites (tertiary alicyclic amines) is 1. The Bertz CT molecular complexity index is 444. The molecule has 2 aliphatic rings. The second-order valence-corrected chi connectivity index (χ2v) is 6.13. The van der Waals surface area contributed by atoms with E-state index < -0.39 is 0 Å². The molecular formula is C15H25N4O+. The van der Waals surface area contributed by atoms with Crippen LogP contribution in [0.25, 0.3) is 0 Å². The molecular weight excluding hydrogens is 252 g/mol. The Balaban J connectivity index is 1.56. The topological polar surface area (TPSA) is 51.4 Å². The molecule has 0 atom stereocenters. The molecule has 1 amide bonds. The summed E-state index contributed by atoms with van der Waals surface area (Å²) in [6.45, 7) is 2.86. The van der Waals surface area contributed by atoms with Gasteiger partial charge in [-0.25, -0.2) is 4.68 Å². The zero-order chi connectivity index (χ0) is 13.8. The number of piperidine rings is 1. The van der Waals surface area contributed by atoms with E-state index in [1.165, 1.54) is 49.8 Å². The zero-order valence-corrected chi connectivity index (χ0v) is 12.1. The number of rotatable bonds is 4. The van der Waals surface area contributed by atoms with Gasteiger partial charge in [0.25, 0.3) is 5.91 Å². The summed E-state index contributed by atoms with van der Waals surface area (Å²) in [6, 6.07) is 2.39. The lowest BCUT2D eigenvalue weighted by molar-refractivity contribution is -0.896. The van der Waals surface area contributed by atoms with Crippen LogP contribution in [0.1, 0.15) is 51.0 Å². The van der Waals surface area contributed by atoms with Gasteiger partial charge in [-0.05, 0) is 32.1 Å². The van der Waals surface area contributed by atoms with E-state index in [4.69, 9.17) is 0 Å². The highest BCUT2D eigenvalue weighted by Gasteiger charge is 2.22. The van der Waals surface area contributed by atoms with Crippen molar-refractivity contribution < 1.29 is 9.69 Å². The Morgan fingerprint density at radius 1 is 1.25 bits per heavy atom. The predicted octanol–water partition coefficient (Wildman–Crippen LogP) is 1.01. The van der Waals surface area contributed by atoms with Gasteiger partial charge in [0.05, 0.1) is 25.3 Å². The van der Waals surface area contributed by atoms with Gasteiger partial charge in [0.2, 0.25) is 0 Å². The number of carbonyl (C=O) groups excluding carboxylic acids is 1. The molecule has 0 unspecified atom stereocenters. The molecule has 20 heavy (non-hydrogen) atoms. The van der Waals surface area contributed by atoms with Gasteiger partial charge in [-0.15, -0.1) is 0 Å². The number of nitrogens with zero attached hydrogens (tertiary/aromatic N) is 2. The summed E-state index contributed by atoms with van der Waals surface area (Å²) < 4.78 is 2.01. The fourth-order valence-corrected chi connectivity index (χ4v) is 3.50. The molecule has 3 rings (SSSR count). The van der Waals surface area contributed by atoms with Crippen LogP contribution in [0.5, 0.6) is 0 Å². The maximum Gasteiger partial charge on any atom is 0.280 e. The number of quaternary nitrogens is 1. The van der Waals surface area contributed by atoms with Crippen molar-refractivity contribution in [2.24, 2.45) is 0 Å². The Hall–Kier alpha value is -1.36. The summed E-state index contributed by atoms with van der Waals surface area (Å²) in [7, 11) is 0. The third-order valence-corrected chi connectivity index (χ3v) is 4.58. The van der Waals surface area contributed by atoms with Crippen molar-refractivity contribution in [3.63, 3.8) is 0 Å². The number of amides is 1. The Kier molecular flexibility index (Phi) is 4.35. The van der Waals surface area contributed by atoms with Crippen LogP contribution in [-0.4, -0.2) is 35.3 Å². The average Bonchev–Trinajstić information content (AvgIpc) is 3.10. The van der Waals surface area contributed by atoms with Crippen LogP contribution >= 0.6 is 0 Å². The lowest BCUT2D eigenvalue weighted by Gasteiger charge is -2.23. The SMILES string of the molecule is O=C(C[NH+]1CCCCC1)Nc1ccnn1C1CCCC1. The molecule has 1 aromatic rings. The minimum atomic E-state index is 0.127. The average molecular weight is 277 g/mol. The summed E-state index contributed by atoms with van der Waals surface area (Å²) >= 11 is 0. The lowest BCUT2D eigenvalue weighted by atomic mass is 10.1. The highest BCUT2D eigenvalue weighted by Crippen LogP contribution is 2.31. The highest BCUT2D eigenvalue weighted by molar-refractivity contribution is 5.90. The van der Waals surface area contributed by atoms with Crippen molar-refractivity contribution in [3.8, 4) is 0 Å². The number of aromatic nitrogens is 2. The minimum Gasteiger partial charge on any atom is -0.327 e. The maximum absolute atomic E-state index is 12.2. The summed E-state index contributed by atoms with van der Waals surface area (Å²) in [5.74, 6) is 1.000. The number of hydrogen-bond donors (Lipinski definition) is 2. The van der Waals surface area contributed by atoms with Gasteiger partial charge in [0.15, 0.2) is 6.54 Å². The quantitative estimate of drug-likeness (QED) is 0.863. The van der Waals surface area contributed by atoms with E-state index in [0.29, 0.717) is 12.6 Å². The molecule has 2 fully saturated rings. The summed E-state index contributed by atoms with van der Waals surface area (Å²) in [4.78, 5) is 13.6. The molecule has 0 radical (unpaired) electrons. The Morgan fingerprint density at radius 2 is 2.00 bits per heavy atom. The molecule has 1 saturated carbocycles. The van der Waals surface area contributed by atoms with E-state index in [2.05, 4.69) is 10.4 Å². The second-order valence-electron chi connectivity index (χ2n) is 6.13. The van der Waals surface area contributed by atoms with Crippen LogP contribution in [-0.2, 0) is 4.79 Å². The molecule has 0 spiro atoms. The molecule has 5 heteroatoms. The smallest absolute Gasteiger partial charge is 0.280 e. The van der Waals surface area contributed by atoms with E-state index in [-0.39, 0.29) is 5.91 Å². The van der Waals surface area contributed by atoms with Gasteiger partial charge >= 0.3 is 0 Å². The molecule has 2 N–H and O–H groups in total. The number of carbonyl (C=O) groups is 1. The van der Waals surface area contributed by atoms with Crippen molar-refractivity contribution in [1.82, 2.24) is 9.78 Å². The molecule has 5 nitrogen and oxygen atoms in total. The van der Waals surface area contributed by atoms with E-state index >= 15 is 0 Å². The molecule has 0 bridgehead atoms. The first kappa shape index (κ1) is 13.6. The summed E-state index contributed by atoms with van der Waals surface area (Å²) in [5.41, 5.74) is 0. The van der Waals surface area contributed by atoms with Crippen LogP contribution in [0.3, 0.4) is 0 Å². The minimum absolute atomic E-state index is 0.127. The lowest BCUT2D eigenvalue weighted by Crippen LogP contribution is -3.13. The third-order valence-electron chi connectivity index (χ3n) is 4.58. The Labute approximate surface area is 120 Å². The van der Waals surface area contributed by atoms with Gasteiger partial charge < -0.3 is 10.2 Å². The van der Waals surface area contributed by atoms with E-state index in [0.717, 1.165) is 18.9 Å². The van der Waals surface area contributed by atoms with Crippen molar-refractivity contribution in [3.05, 3.63) is 12.3 Å². The van der Waals surface area contributed by atoms with Crippen LogP contribution in [0.2, 0.25) is 0 Å². The van der Waals surface area contributed by atoms with Crippen LogP contribution in [0.4, 0.5) is 5.82 Å². The van der Waals surface area contributed by atoms with Gasteiger partial charge in [-0.2, -0.15) is 5.10 Å². The summed E-state index contributed by atoms with van der Waals surface area (Å²) in [6.07, 6.45) is 10.5. The van der Waals surface area contributed by atoms with Crippen molar-refractivity contribution in [1.29, 1.82) is 0 Å². The van der Waals surface area contributed by atoms with E-state index in [1.54, 1.807) is 6.20 Å². The molecule has 1 aromatic heterocycles. The van der Waals surface area contributed by atoms with Crippen LogP contribution in [0.15, 0.2) is 12.3 Å². The fraction of sp³-hybridized carbons (Fsp3) is 0.733. The summed E-state index contributed by atoms with van der Waals surface area (Å²) in [5, 5.41) is 7.45. The van der Waals surface area contributed by atoms with Crippen molar-refractivity contribution in [2.45, 2.75) is 51.0 Å². The van der Waals surface area contributed by atoms with Gasteiger partial charge in [0.1, 0.15) is 5.82 Å². The first-order valence-corrected chi connectivity index (χ1v) is 8.00. The largest absolute Gasteiger partial charge is 0.327 e. The van der Waals surface area contributed by atoms with Gasteiger partial charge in [0, 0.05) is 6.07 Å². The van der Waals surface area contributed by atoms with Crippen molar-refractivity contribution >= 4 is 11.7 Å². The molecule has 1 aliphatic carbocycles. The number of nitrogens with one attached hydrogen (secondary N) is 2.